The molecule has 39 heavy (non-hydrogen) atoms. The number of piperidine rings is 1. The fraction of sp³-hybridized carbons (Fsp3) is 0.400. The van der Waals surface area contributed by atoms with Gasteiger partial charge in [0.05, 0.1) is 24.8 Å². The van der Waals surface area contributed by atoms with Gasteiger partial charge in [-0.05, 0) is 55.5 Å². The molecule has 204 valence electrons. The first kappa shape index (κ1) is 26.6. The molecule has 2 aromatic carbocycles. The number of rotatable bonds is 3. The van der Waals surface area contributed by atoms with Crippen LogP contribution in [0.5, 0.6) is 5.75 Å². The maximum atomic E-state index is 13.3. The minimum Gasteiger partial charge on any atom is -0.492 e. The van der Waals surface area contributed by atoms with Crippen LogP contribution in [0.3, 0.4) is 0 Å². The van der Waals surface area contributed by atoms with Crippen molar-refractivity contribution >= 4 is 17.6 Å². The molecule has 1 aromatic heterocycles. The van der Waals surface area contributed by atoms with E-state index in [1.54, 1.807) is 36.8 Å². The second kappa shape index (κ2) is 12.2. The number of nitrogens with zero attached hydrogens (tertiary/aromatic N) is 4. The summed E-state index contributed by atoms with van der Waals surface area (Å²) in [6.07, 6.45) is 8.80. The largest absolute Gasteiger partial charge is 0.492 e. The highest BCUT2D eigenvalue weighted by Gasteiger charge is 2.37. The van der Waals surface area contributed by atoms with Crippen LogP contribution < -0.4 is 15.0 Å². The zero-order valence-corrected chi connectivity index (χ0v) is 22.0. The van der Waals surface area contributed by atoms with Crippen LogP contribution in [0.2, 0.25) is 0 Å². The number of fused-ring (bicyclic) bond motifs is 1. The molecule has 2 amide bonds. The average Bonchev–Trinajstić information content (AvgIpc) is 2.98. The number of anilines is 1. The Balaban J connectivity index is 1.31. The first-order chi connectivity index (χ1) is 19.0. The van der Waals surface area contributed by atoms with Crippen molar-refractivity contribution in [3.8, 4) is 5.75 Å². The number of amides is 2. The van der Waals surface area contributed by atoms with Crippen LogP contribution >= 0.6 is 0 Å². The van der Waals surface area contributed by atoms with Gasteiger partial charge < -0.3 is 19.9 Å². The Hall–Kier alpha value is -4.01. The number of ether oxygens (including phenoxy) is 1. The van der Waals surface area contributed by atoms with E-state index in [1.807, 2.05) is 23.1 Å². The lowest BCUT2D eigenvalue weighted by atomic mass is 9.75. The van der Waals surface area contributed by atoms with Crippen LogP contribution in [0.1, 0.15) is 41.6 Å². The molecule has 8 nitrogen and oxygen atoms in total. The predicted octanol–water partition coefficient (Wildman–Crippen LogP) is 3.88. The zero-order valence-electron chi connectivity index (χ0n) is 22.0. The van der Waals surface area contributed by atoms with E-state index in [1.165, 1.54) is 12.1 Å². The van der Waals surface area contributed by atoms with Gasteiger partial charge in [0.15, 0.2) is 0 Å². The first-order valence-corrected chi connectivity index (χ1v) is 13.5. The highest BCUT2D eigenvalue weighted by atomic mass is 19.1. The molecule has 3 aromatic rings. The van der Waals surface area contributed by atoms with Crippen LogP contribution in [0.15, 0.2) is 67.1 Å². The fourth-order valence-corrected chi connectivity index (χ4v) is 5.44. The second-order valence-electron chi connectivity index (χ2n) is 10.4. The van der Waals surface area contributed by atoms with Gasteiger partial charge in [0.2, 0.25) is 5.91 Å². The maximum absolute atomic E-state index is 13.3. The van der Waals surface area contributed by atoms with Crippen molar-refractivity contribution in [3.63, 3.8) is 0 Å². The summed E-state index contributed by atoms with van der Waals surface area (Å²) in [6, 6.07) is 13.5. The average molecular weight is 532 g/mol. The van der Waals surface area contributed by atoms with Gasteiger partial charge in [-0.2, -0.15) is 0 Å². The molecule has 1 fully saturated rings. The van der Waals surface area contributed by atoms with E-state index >= 15 is 0 Å². The monoisotopic (exact) mass is 531 g/mol. The molecule has 1 spiro atoms. The van der Waals surface area contributed by atoms with E-state index in [0.717, 1.165) is 43.6 Å². The van der Waals surface area contributed by atoms with Gasteiger partial charge in [-0.3, -0.25) is 14.6 Å². The van der Waals surface area contributed by atoms with Gasteiger partial charge in [-0.1, -0.05) is 24.3 Å². The van der Waals surface area contributed by atoms with Gasteiger partial charge in [-0.15, -0.1) is 0 Å². The SMILES string of the molecule is O=C1NCCN(c2cnccn2)CCCC2(CCN(C(=O)Cc3ccc(F)cc3)CC2)COc2ccccc21. The minimum absolute atomic E-state index is 0.0536. The minimum atomic E-state index is -0.304. The normalized spacial score (nSPS) is 18.1. The van der Waals surface area contributed by atoms with E-state index in [2.05, 4.69) is 20.2 Å². The van der Waals surface area contributed by atoms with Crippen molar-refractivity contribution in [2.24, 2.45) is 5.41 Å². The van der Waals surface area contributed by atoms with E-state index in [-0.39, 0.29) is 29.5 Å². The number of carbonyl (C=O) groups excluding carboxylic acids is 2. The molecule has 1 saturated heterocycles. The third-order valence-electron chi connectivity index (χ3n) is 7.79. The number of benzene rings is 2. The molecule has 5 rings (SSSR count). The van der Waals surface area contributed by atoms with Crippen LogP contribution in [-0.2, 0) is 11.2 Å². The molecule has 0 bridgehead atoms. The smallest absolute Gasteiger partial charge is 0.255 e. The Labute approximate surface area is 228 Å². The number of para-hydroxylation sites is 1. The van der Waals surface area contributed by atoms with Gasteiger partial charge in [-0.25, -0.2) is 9.37 Å². The molecule has 0 unspecified atom stereocenters. The Kier molecular flexibility index (Phi) is 8.34. The standard InChI is InChI=1S/C30H34FN5O3/c31-24-8-6-23(7-9-24)20-28(37)36-17-11-30(12-18-36)10-3-16-35(27-21-32-13-14-33-27)19-15-34-29(38)25-4-1-2-5-26(25)39-22-30/h1-2,4-9,13-14,21H,3,10-12,15-20,22H2,(H,34,38). The number of hydrogen-bond acceptors (Lipinski definition) is 6. The summed E-state index contributed by atoms with van der Waals surface area (Å²) in [6.45, 7) is 3.61. The molecular formula is C30H34FN5O3. The molecule has 0 saturated carbocycles. The molecule has 2 aliphatic rings. The summed E-state index contributed by atoms with van der Waals surface area (Å²) in [5.41, 5.74) is 1.20. The van der Waals surface area contributed by atoms with Crippen molar-refractivity contribution in [1.29, 1.82) is 0 Å². The summed E-state index contributed by atoms with van der Waals surface area (Å²) in [7, 11) is 0. The Bertz CT molecular complexity index is 1260. The van der Waals surface area contributed by atoms with Crippen LogP contribution in [0.4, 0.5) is 10.2 Å². The van der Waals surface area contributed by atoms with Crippen molar-refractivity contribution < 1.29 is 18.7 Å². The van der Waals surface area contributed by atoms with Crippen molar-refractivity contribution in [2.75, 3.05) is 44.2 Å². The lowest BCUT2D eigenvalue weighted by molar-refractivity contribution is -0.133. The molecular weight excluding hydrogens is 497 g/mol. The molecule has 0 radical (unpaired) electrons. The third-order valence-corrected chi connectivity index (χ3v) is 7.79. The summed E-state index contributed by atoms with van der Waals surface area (Å²) in [5.74, 6) is 0.945. The van der Waals surface area contributed by atoms with Crippen molar-refractivity contribution in [3.05, 3.63) is 84.1 Å². The summed E-state index contributed by atoms with van der Waals surface area (Å²) in [4.78, 5) is 38.8. The summed E-state index contributed by atoms with van der Waals surface area (Å²) < 4.78 is 19.6. The molecule has 9 heteroatoms. The molecule has 0 atom stereocenters. The highest BCUT2D eigenvalue weighted by Crippen LogP contribution is 2.38. The van der Waals surface area contributed by atoms with Crippen molar-refractivity contribution in [1.82, 2.24) is 20.2 Å². The number of hydrogen-bond donors (Lipinski definition) is 1. The van der Waals surface area contributed by atoms with E-state index < -0.39 is 0 Å². The first-order valence-electron chi connectivity index (χ1n) is 13.5. The molecule has 2 aliphatic heterocycles. The summed E-state index contributed by atoms with van der Waals surface area (Å²) >= 11 is 0. The van der Waals surface area contributed by atoms with E-state index in [9.17, 15) is 14.0 Å². The Morgan fingerprint density at radius 2 is 1.79 bits per heavy atom. The Morgan fingerprint density at radius 3 is 2.56 bits per heavy atom. The van der Waals surface area contributed by atoms with Gasteiger partial charge >= 0.3 is 0 Å². The number of halogens is 1. The molecule has 1 N–H and O–H groups in total. The van der Waals surface area contributed by atoms with Crippen molar-refractivity contribution in [2.45, 2.75) is 32.1 Å². The van der Waals surface area contributed by atoms with E-state index in [0.29, 0.717) is 44.1 Å². The number of aromatic nitrogens is 2. The van der Waals surface area contributed by atoms with Crippen LogP contribution in [0.25, 0.3) is 0 Å². The molecule has 0 aliphatic carbocycles. The summed E-state index contributed by atoms with van der Waals surface area (Å²) in [5, 5.41) is 3.02. The third kappa shape index (κ3) is 6.71. The van der Waals surface area contributed by atoms with Crippen LogP contribution in [0, 0.1) is 11.2 Å². The zero-order chi connectivity index (χ0) is 27.1. The maximum Gasteiger partial charge on any atom is 0.255 e. The number of nitrogens with one attached hydrogen (secondary N) is 1. The molecule has 3 heterocycles. The lowest BCUT2D eigenvalue weighted by Gasteiger charge is -2.42. The van der Waals surface area contributed by atoms with Gasteiger partial charge in [0.25, 0.3) is 5.91 Å². The fourth-order valence-electron chi connectivity index (χ4n) is 5.44. The number of carbonyl (C=O) groups is 2. The van der Waals surface area contributed by atoms with Crippen LogP contribution in [-0.4, -0.2) is 66.0 Å². The van der Waals surface area contributed by atoms with Gasteiger partial charge in [0, 0.05) is 50.5 Å². The Morgan fingerprint density at radius 1 is 1.00 bits per heavy atom. The van der Waals surface area contributed by atoms with Gasteiger partial charge in [0.1, 0.15) is 17.4 Å². The number of likely N-dealkylation sites (tertiary alicyclic amines) is 1. The lowest BCUT2D eigenvalue weighted by Crippen LogP contribution is -2.46. The highest BCUT2D eigenvalue weighted by molar-refractivity contribution is 5.96. The topological polar surface area (TPSA) is 87.7 Å². The second-order valence-corrected chi connectivity index (χ2v) is 10.4. The quantitative estimate of drug-likeness (QED) is 0.552. The predicted molar refractivity (Wildman–Crippen MR) is 146 cm³/mol. The van der Waals surface area contributed by atoms with E-state index in [4.69, 9.17) is 4.74 Å².